The summed E-state index contributed by atoms with van der Waals surface area (Å²) in [6.07, 6.45) is 0.181. The maximum Gasteiger partial charge on any atom is 0.391 e. The number of hydrogen-bond donors (Lipinski definition) is 0. The zero-order chi connectivity index (χ0) is 8.91. The second-order valence-electron chi connectivity index (χ2n) is 2.56. The molecule has 0 N–H and O–H groups in total. The van der Waals surface area contributed by atoms with E-state index in [2.05, 4.69) is 0 Å². The molecule has 0 rings (SSSR count). The molecule has 66 valence electrons. The van der Waals surface area contributed by atoms with E-state index in [1.807, 2.05) is 6.92 Å². The third kappa shape index (κ3) is 4.87. The Balaban J connectivity index is 3.69. The second-order valence-corrected chi connectivity index (χ2v) is 2.56. The Hall–Kier alpha value is -0.470. The first-order valence-electron chi connectivity index (χ1n) is 3.70. The molecule has 0 aliphatic rings. The van der Waals surface area contributed by atoms with Crippen LogP contribution in [0, 0.1) is 5.92 Å². The molecule has 0 radical (unpaired) electrons. The highest BCUT2D eigenvalue weighted by atomic mass is 19.4. The molecular formula is C8H13F3. The highest BCUT2D eigenvalue weighted by molar-refractivity contribution is 4.83. The minimum atomic E-state index is -4.04. The highest BCUT2D eigenvalue weighted by Crippen LogP contribution is 2.28. The van der Waals surface area contributed by atoms with Crippen LogP contribution in [0.1, 0.15) is 26.7 Å². The fraction of sp³-hybridized carbons (Fsp3) is 0.750. The molecule has 0 aliphatic carbocycles. The van der Waals surface area contributed by atoms with E-state index in [-0.39, 0.29) is 6.42 Å². The van der Waals surface area contributed by atoms with Crippen molar-refractivity contribution in [3.05, 3.63) is 12.2 Å². The minimum absolute atomic E-state index is 0.0946. The minimum Gasteiger partial charge on any atom is -0.171 e. The second kappa shape index (κ2) is 4.42. The van der Waals surface area contributed by atoms with Gasteiger partial charge < -0.3 is 0 Å². The smallest absolute Gasteiger partial charge is 0.171 e. The summed E-state index contributed by atoms with van der Waals surface area (Å²) >= 11 is 0. The SMILES string of the molecule is CC/C=C\CC(C)C(F)(F)F. The zero-order valence-corrected chi connectivity index (χ0v) is 6.78. The van der Waals surface area contributed by atoms with E-state index < -0.39 is 12.1 Å². The maximum atomic E-state index is 11.8. The van der Waals surface area contributed by atoms with E-state index >= 15 is 0 Å². The quantitative estimate of drug-likeness (QED) is 0.562. The van der Waals surface area contributed by atoms with Gasteiger partial charge in [0, 0.05) is 0 Å². The van der Waals surface area contributed by atoms with Crippen LogP contribution in [0.15, 0.2) is 12.2 Å². The number of rotatable bonds is 3. The third-order valence-electron chi connectivity index (χ3n) is 1.45. The van der Waals surface area contributed by atoms with Crippen LogP contribution in [0.2, 0.25) is 0 Å². The van der Waals surface area contributed by atoms with E-state index in [1.165, 1.54) is 6.92 Å². The lowest BCUT2D eigenvalue weighted by molar-refractivity contribution is -0.168. The Morgan fingerprint density at radius 2 is 1.82 bits per heavy atom. The van der Waals surface area contributed by atoms with Gasteiger partial charge in [0.15, 0.2) is 0 Å². The fourth-order valence-corrected chi connectivity index (χ4v) is 0.601. The van der Waals surface area contributed by atoms with Crippen LogP contribution in [0.3, 0.4) is 0 Å². The Bertz CT molecular complexity index is 124. The Labute approximate surface area is 65.1 Å². The Morgan fingerprint density at radius 3 is 2.18 bits per heavy atom. The molecule has 0 aromatic carbocycles. The molecule has 0 nitrogen and oxygen atoms in total. The molecule has 0 amide bonds. The molecule has 0 aromatic rings. The summed E-state index contributed by atoms with van der Waals surface area (Å²) in [6.45, 7) is 3.09. The number of hydrogen-bond acceptors (Lipinski definition) is 0. The zero-order valence-electron chi connectivity index (χ0n) is 6.78. The molecule has 0 aliphatic heterocycles. The summed E-state index contributed by atoms with van der Waals surface area (Å²) in [7, 11) is 0. The molecule has 0 heterocycles. The van der Waals surface area contributed by atoms with Crippen LogP contribution < -0.4 is 0 Å². The monoisotopic (exact) mass is 166 g/mol. The van der Waals surface area contributed by atoms with Crippen LogP contribution in [-0.2, 0) is 0 Å². The van der Waals surface area contributed by atoms with Crippen LogP contribution in [0.4, 0.5) is 13.2 Å². The van der Waals surface area contributed by atoms with E-state index in [1.54, 1.807) is 12.2 Å². The van der Waals surface area contributed by atoms with Crippen molar-refractivity contribution in [2.45, 2.75) is 32.9 Å². The molecule has 0 saturated carbocycles. The van der Waals surface area contributed by atoms with Gasteiger partial charge >= 0.3 is 6.18 Å². The molecule has 11 heavy (non-hydrogen) atoms. The van der Waals surface area contributed by atoms with Gasteiger partial charge in [-0.2, -0.15) is 13.2 Å². The summed E-state index contributed by atoms with van der Waals surface area (Å²) in [5, 5.41) is 0. The van der Waals surface area contributed by atoms with Gasteiger partial charge in [0.2, 0.25) is 0 Å². The molecular weight excluding hydrogens is 153 g/mol. The molecule has 0 aromatic heterocycles. The predicted octanol–water partition coefficient (Wildman–Crippen LogP) is 3.54. The summed E-state index contributed by atoms with van der Waals surface area (Å²) in [5.41, 5.74) is 0. The fourth-order valence-electron chi connectivity index (χ4n) is 0.601. The van der Waals surface area contributed by atoms with Crippen molar-refractivity contribution in [2.24, 2.45) is 5.92 Å². The lowest BCUT2D eigenvalue weighted by Gasteiger charge is -2.12. The molecule has 1 unspecified atom stereocenters. The van der Waals surface area contributed by atoms with Gasteiger partial charge in [-0.25, -0.2) is 0 Å². The van der Waals surface area contributed by atoms with Gasteiger partial charge in [0.25, 0.3) is 0 Å². The first-order valence-corrected chi connectivity index (χ1v) is 3.70. The number of allylic oxidation sites excluding steroid dienone is 2. The maximum absolute atomic E-state index is 11.8. The summed E-state index contributed by atoms with van der Waals surface area (Å²) in [5.74, 6) is -1.22. The molecule has 0 spiro atoms. The van der Waals surface area contributed by atoms with Crippen molar-refractivity contribution in [1.29, 1.82) is 0 Å². The largest absolute Gasteiger partial charge is 0.391 e. The van der Waals surface area contributed by atoms with Gasteiger partial charge in [-0.05, 0) is 12.8 Å². The standard InChI is InChI=1S/C8H13F3/c1-3-4-5-6-7(2)8(9,10)11/h4-5,7H,3,6H2,1-2H3/b5-4-. The summed E-state index contributed by atoms with van der Waals surface area (Å²) in [4.78, 5) is 0. The van der Waals surface area contributed by atoms with Gasteiger partial charge in [-0.1, -0.05) is 26.0 Å². The molecule has 0 saturated heterocycles. The van der Waals surface area contributed by atoms with Crippen molar-refractivity contribution < 1.29 is 13.2 Å². The molecule has 0 bridgehead atoms. The first kappa shape index (κ1) is 10.5. The molecule has 1 atom stereocenters. The van der Waals surface area contributed by atoms with Crippen molar-refractivity contribution in [3.8, 4) is 0 Å². The summed E-state index contributed by atoms with van der Waals surface area (Å²) in [6, 6.07) is 0. The van der Waals surface area contributed by atoms with Crippen LogP contribution in [0.5, 0.6) is 0 Å². The first-order chi connectivity index (χ1) is 4.98. The van der Waals surface area contributed by atoms with Gasteiger partial charge in [0.1, 0.15) is 0 Å². The lowest BCUT2D eigenvalue weighted by Crippen LogP contribution is -2.18. The van der Waals surface area contributed by atoms with Crippen LogP contribution >= 0.6 is 0 Å². The highest BCUT2D eigenvalue weighted by Gasteiger charge is 2.34. The van der Waals surface area contributed by atoms with Crippen LogP contribution in [0.25, 0.3) is 0 Å². The van der Waals surface area contributed by atoms with Gasteiger partial charge in [-0.15, -0.1) is 0 Å². The van der Waals surface area contributed by atoms with Crippen molar-refractivity contribution in [3.63, 3.8) is 0 Å². The average molecular weight is 166 g/mol. The van der Waals surface area contributed by atoms with Gasteiger partial charge in [0.05, 0.1) is 5.92 Å². The van der Waals surface area contributed by atoms with E-state index in [0.29, 0.717) is 0 Å². The van der Waals surface area contributed by atoms with Crippen molar-refractivity contribution >= 4 is 0 Å². The Morgan fingerprint density at radius 1 is 1.27 bits per heavy atom. The number of halogens is 3. The summed E-state index contributed by atoms with van der Waals surface area (Å²) < 4.78 is 35.5. The molecule has 3 heteroatoms. The van der Waals surface area contributed by atoms with E-state index in [9.17, 15) is 13.2 Å². The van der Waals surface area contributed by atoms with E-state index in [0.717, 1.165) is 6.42 Å². The Kier molecular flexibility index (Phi) is 4.23. The average Bonchev–Trinajstić information content (AvgIpc) is 1.86. The third-order valence-corrected chi connectivity index (χ3v) is 1.45. The lowest BCUT2D eigenvalue weighted by atomic mass is 10.1. The number of alkyl halides is 3. The predicted molar refractivity (Wildman–Crippen MR) is 39.3 cm³/mol. The van der Waals surface area contributed by atoms with Gasteiger partial charge in [-0.3, -0.25) is 0 Å². The normalized spacial score (nSPS) is 15.7. The van der Waals surface area contributed by atoms with Crippen molar-refractivity contribution in [1.82, 2.24) is 0 Å². The van der Waals surface area contributed by atoms with E-state index in [4.69, 9.17) is 0 Å². The van der Waals surface area contributed by atoms with Crippen molar-refractivity contribution in [2.75, 3.05) is 0 Å². The van der Waals surface area contributed by atoms with Crippen LogP contribution in [-0.4, -0.2) is 6.18 Å². The topological polar surface area (TPSA) is 0 Å². The molecule has 0 fully saturated rings.